The Morgan fingerprint density at radius 1 is 0.800 bits per heavy atom. The number of carbonyl (C=O) groups excluding carboxylic acids is 2. The Morgan fingerprint density at radius 3 is 2.37 bits per heavy atom. The van der Waals surface area contributed by atoms with E-state index in [4.69, 9.17) is 4.74 Å². The molecule has 7 nitrogen and oxygen atoms in total. The number of aromatic nitrogens is 2. The van der Waals surface area contributed by atoms with E-state index in [0.717, 1.165) is 5.52 Å². The maximum Gasteiger partial charge on any atom is 0.275 e. The van der Waals surface area contributed by atoms with Crippen molar-refractivity contribution >= 4 is 34.2 Å². The van der Waals surface area contributed by atoms with Crippen LogP contribution in [0.25, 0.3) is 11.0 Å². The molecule has 0 aliphatic rings. The molecule has 0 unspecified atom stereocenters. The molecule has 0 saturated heterocycles. The van der Waals surface area contributed by atoms with Crippen molar-refractivity contribution in [3.8, 4) is 5.75 Å². The molecule has 4 aromatic rings. The van der Waals surface area contributed by atoms with Crippen LogP contribution in [0.5, 0.6) is 5.75 Å². The van der Waals surface area contributed by atoms with Crippen LogP contribution in [0.3, 0.4) is 0 Å². The topological polar surface area (TPSA) is 93.2 Å². The van der Waals surface area contributed by atoms with Crippen molar-refractivity contribution in [2.75, 3.05) is 17.2 Å². The Labute approximate surface area is 172 Å². The second-order valence-corrected chi connectivity index (χ2v) is 6.43. The highest BCUT2D eigenvalue weighted by molar-refractivity contribution is 6.03. The number of nitrogens with zero attached hydrogens (tertiary/aromatic N) is 2. The predicted molar refractivity (Wildman–Crippen MR) is 114 cm³/mol. The van der Waals surface area contributed by atoms with Crippen molar-refractivity contribution in [1.29, 1.82) is 0 Å². The molecule has 0 atom stereocenters. The van der Waals surface area contributed by atoms with Gasteiger partial charge in [-0.2, -0.15) is 0 Å². The van der Waals surface area contributed by atoms with Gasteiger partial charge in [0.2, 0.25) is 0 Å². The zero-order chi connectivity index (χ0) is 20.8. The lowest BCUT2D eigenvalue weighted by atomic mass is 10.2. The number of hydrogen-bond acceptors (Lipinski definition) is 5. The number of ether oxygens (including phenoxy) is 1. The van der Waals surface area contributed by atoms with Crippen LogP contribution in [0.1, 0.15) is 10.5 Å². The molecular weight excluding hydrogens is 380 g/mol. The molecular formula is C23H18N4O3. The predicted octanol–water partition coefficient (Wildman–Crippen LogP) is 3.90. The lowest BCUT2D eigenvalue weighted by Crippen LogP contribution is -2.20. The number of fused-ring (bicyclic) bond motifs is 1. The van der Waals surface area contributed by atoms with Gasteiger partial charge in [0.25, 0.3) is 11.8 Å². The quantitative estimate of drug-likeness (QED) is 0.514. The van der Waals surface area contributed by atoms with Crippen LogP contribution >= 0.6 is 0 Å². The first-order chi connectivity index (χ1) is 14.7. The summed E-state index contributed by atoms with van der Waals surface area (Å²) in [6.45, 7) is -0.150. The Hall–Kier alpha value is -4.26. The molecule has 2 amide bonds. The first-order valence-corrected chi connectivity index (χ1v) is 9.28. The lowest BCUT2D eigenvalue weighted by molar-refractivity contribution is -0.118. The summed E-state index contributed by atoms with van der Waals surface area (Å²) in [7, 11) is 0. The van der Waals surface area contributed by atoms with Gasteiger partial charge in [-0.3, -0.25) is 14.6 Å². The van der Waals surface area contributed by atoms with Gasteiger partial charge in [-0.05, 0) is 36.4 Å². The van der Waals surface area contributed by atoms with E-state index in [9.17, 15) is 9.59 Å². The zero-order valence-corrected chi connectivity index (χ0v) is 15.9. The Morgan fingerprint density at radius 2 is 1.53 bits per heavy atom. The summed E-state index contributed by atoms with van der Waals surface area (Å²) >= 11 is 0. The summed E-state index contributed by atoms with van der Waals surface area (Å²) in [5, 5.41) is 5.51. The fourth-order valence-electron chi connectivity index (χ4n) is 2.79. The van der Waals surface area contributed by atoms with E-state index in [1.54, 1.807) is 42.5 Å². The first-order valence-electron chi connectivity index (χ1n) is 9.28. The van der Waals surface area contributed by atoms with Gasteiger partial charge in [-0.1, -0.05) is 36.4 Å². The van der Waals surface area contributed by atoms with E-state index in [2.05, 4.69) is 20.6 Å². The molecule has 4 rings (SSSR count). The van der Waals surface area contributed by atoms with E-state index in [1.165, 1.54) is 6.20 Å². The molecule has 0 spiro atoms. The molecule has 30 heavy (non-hydrogen) atoms. The van der Waals surface area contributed by atoms with Crippen molar-refractivity contribution in [2.24, 2.45) is 0 Å². The molecule has 148 valence electrons. The van der Waals surface area contributed by atoms with Gasteiger partial charge in [0.05, 0.1) is 17.2 Å². The highest BCUT2D eigenvalue weighted by Gasteiger charge is 2.10. The van der Waals surface area contributed by atoms with Crippen molar-refractivity contribution in [2.45, 2.75) is 0 Å². The molecule has 0 bridgehead atoms. The lowest BCUT2D eigenvalue weighted by Gasteiger charge is -2.10. The first kappa shape index (κ1) is 19.1. The third kappa shape index (κ3) is 4.77. The van der Waals surface area contributed by atoms with E-state index in [1.807, 2.05) is 36.4 Å². The number of carbonyl (C=O) groups is 2. The van der Waals surface area contributed by atoms with E-state index < -0.39 is 0 Å². The second-order valence-electron chi connectivity index (χ2n) is 6.43. The zero-order valence-electron chi connectivity index (χ0n) is 15.9. The molecule has 3 aromatic carbocycles. The van der Waals surface area contributed by atoms with Gasteiger partial charge in [0, 0.05) is 17.4 Å². The molecule has 7 heteroatoms. The number of para-hydroxylation sites is 3. The molecule has 0 aliphatic carbocycles. The highest BCUT2D eigenvalue weighted by Crippen LogP contribution is 2.18. The Bertz CT molecular complexity index is 1200. The average molecular weight is 398 g/mol. The number of anilines is 2. The van der Waals surface area contributed by atoms with Gasteiger partial charge >= 0.3 is 0 Å². The number of amides is 2. The fraction of sp³-hybridized carbons (Fsp3) is 0.0435. The normalized spacial score (nSPS) is 10.4. The average Bonchev–Trinajstić information content (AvgIpc) is 2.78. The molecule has 0 saturated carbocycles. The molecule has 0 fully saturated rings. The van der Waals surface area contributed by atoms with Crippen molar-refractivity contribution < 1.29 is 14.3 Å². The molecule has 2 N–H and O–H groups in total. The fourth-order valence-corrected chi connectivity index (χ4v) is 2.79. The number of rotatable bonds is 6. The summed E-state index contributed by atoms with van der Waals surface area (Å²) in [4.78, 5) is 33.1. The standard InChI is InChI=1S/C23H18N4O3/c28-22(25-16-7-2-1-3-8-16)15-30-18-10-6-9-17(13-18)26-23(29)21-14-24-19-11-4-5-12-20(19)27-21/h1-14H,15H2,(H,25,28)(H,26,29). The minimum Gasteiger partial charge on any atom is -0.484 e. The summed E-state index contributed by atoms with van der Waals surface area (Å²) in [5.74, 6) is -0.199. The van der Waals surface area contributed by atoms with Crippen LogP contribution < -0.4 is 15.4 Å². The smallest absolute Gasteiger partial charge is 0.275 e. The van der Waals surface area contributed by atoms with Crippen LogP contribution in [0.2, 0.25) is 0 Å². The minimum atomic E-state index is -0.382. The molecule has 1 heterocycles. The number of nitrogens with one attached hydrogen (secondary N) is 2. The number of benzene rings is 3. The summed E-state index contributed by atoms with van der Waals surface area (Å²) in [6, 6.07) is 23.3. The van der Waals surface area contributed by atoms with Crippen LogP contribution in [-0.4, -0.2) is 28.4 Å². The van der Waals surface area contributed by atoms with Crippen molar-refractivity contribution in [3.05, 3.63) is 90.8 Å². The van der Waals surface area contributed by atoms with Gasteiger partial charge in [-0.15, -0.1) is 0 Å². The SMILES string of the molecule is O=C(COc1cccc(NC(=O)c2cnc3ccccc3n2)c1)Nc1ccccc1. The summed E-state index contributed by atoms with van der Waals surface area (Å²) in [5.41, 5.74) is 2.80. The molecule has 0 radical (unpaired) electrons. The van der Waals surface area contributed by atoms with Crippen LogP contribution in [0.4, 0.5) is 11.4 Å². The third-order valence-electron chi connectivity index (χ3n) is 4.20. The van der Waals surface area contributed by atoms with Gasteiger partial charge in [0.1, 0.15) is 11.4 Å². The van der Waals surface area contributed by atoms with Gasteiger partial charge in [-0.25, -0.2) is 4.98 Å². The van der Waals surface area contributed by atoms with Crippen LogP contribution in [-0.2, 0) is 4.79 Å². The summed E-state index contributed by atoms with van der Waals surface area (Å²) in [6.07, 6.45) is 1.44. The van der Waals surface area contributed by atoms with Gasteiger partial charge < -0.3 is 15.4 Å². The largest absolute Gasteiger partial charge is 0.484 e. The molecule has 0 aliphatic heterocycles. The highest BCUT2D eigenvalue weighted by atomic mass is 16.5. The monoisotopic (exact) mass is 398 g/mol. The van der Waals surface area contributed by atoms with Crippen LogP contribution in [0.15, 0.2) is 85.1 Å². The maximum atomic E-state index is 12.5. The van der Waals surface area contributed by atoms with Crippen molar-refractivity contribution in [1.82, 2.24) is 9.97 Å². The summed E-state index contributed by atoms with van der Waals surface area (Å²) < 4.78 is 5.53. The maximum absolute atomic E-state index is 12.5. The minimum absolute atomic E-state index is 0.150. The second kappa shape index (κ2) is 8.83. The van der Waals surface area contributed by atoms with Crippen molar-refractivity contribution in [3.63, 3.8) is 0 Å². The van der Waals surface area contributed by atoms with Crippen LogP contribution in [0, 0.1) is 0 Å². The van der Waals surface area contributed by atoms with E-state index in [0.29, 0.717) is 22.6 Å². The van der Waals surface area contributed by atoms with E-state index in [-0.39, 0.29) is 24.1 Å². The van der Waals surface area contributed by atoms with E-state index >= 15 is 0 Å². The Kier molecular flexibility index (Phi) is 5.61. The number of hydrogen-bond donors (Lipinski definition) is 2. The Balaban J connectivity index is 1.37. The van der Waals surface area contributed by atoms with Gasteiger partial charge in [0.15, 0.2) is 6.61 Å². The molecule has 1 aromatic heterocycles. The third-order valence-corrected chi connectivity index (χ3v) is 4.20.